The van der Waals surface area contributed by atoms with E-state index >= 15 is 0 Å². The average Bonchev–Trinajstić information content (AvgIpc) is 2.46. The second-order valence-corrected chi connectivity index (χ2v) is 3.78. The van der Waals surface area contributed by atoms with E-state index in [1.807, 2.05) is 6.92 Å². The van der Waals surface area contributed by atoms with Gasteiger partial charge in [-0.25, -0.2) is 4.79 Å². The van der Waals surface area contributed by atoms with Crippen LogP contribution >= 0.6 is 12.6 Å². The first kappa shape index (κ1) is 12.2. The molecule has 15 heavy (non-hydrogen) atoms. The molecule has 0 aliphatic rings. The van der Waals surface area contributed by atoms with Gasteiger partial charge in [0.1, 0.15) is 0 Å². The van der Waals surface area contributed by atoms with Gasteiger partial charge in [0.05, 0.1) is 5.69 Å². The third-order valence-electron chi connectivity index (χ3n) is 2.50. The molecule has 0 aromatic carbocycles. The molecule has 1 aromatic rings. The molecule has 0 unspecified atom stereocenters. The lowest BCUT2D eigenvalue weighted by atomic mass is 10.3. The minimum absolute atomic E-state index is 0.0635. The summed E-state index contributed by atoms with van der Waals surface area (Å²) in [4.78, 5) is 11.8. The molecule has 0 fully saturated rings. The lowest BCUT2D eigenvalue weighted by molar-refractivity contribution is 0.414. The fourth-order valence-electron chi connectivity index (χ4n) is 1.62. The van der Waals surface area contributed by atoms with Gasteiger partial charge in [-0.05, 0) is 13.3 Å². The Morgan fingerprint density at radius 3 is 2.47 bits per heavy atom. The minimum atomic E-state index is -0.132. The van der Waals surface area contributed by atoms with Crippen molar-refractivity contribution >= 4 is 12.6 Å². The summed E-state index contributed by atoms with van der Waals surface area (Å²) in [6.07, 6.45) is 1.96. The molecule has 0 aliphatic carbocycles. The molecule has 4 nitrogen and oxygen atoms in total. The molecule has 0 spiro atoms. The Balaban J connectivity index is 3.17. The second kappa shape index (κ2) is 5.30. The van der Waals surface area contributed by atoms with Crippen molar-refractivity contribution < 1.29 is 5.11 Å². The van der Waals surface area contributed by atoms with E-state index in [0.29, 0.717) is 24.5 Å². The van der Waals surface area contributed by atoms with Crippen molar-refractivity contribution in [1.29, 1.82) is 0 Å². The van der Waals surface area contributed by atoms with E-state index in [4.69, 9.17) is 0 Å². The van der Waals surface area contributed by atoms with Crippen molar-refractivity contribution in [2.75, 3.05) is 0 Å². The Kier molecular flexibility index (Phi) is 4.32. The number of hydrogen-bond donors (Lipinski definition) is 2. The summed E-state index contributed by atoms with van der Waals surface area (Å²) in [6.45, 7) is 5.06. The van der Waals surface area contributed by atoms with Gasteiger partial charge in [-0.15, -0.1) is 0 Å². The predicted octanol–water partition coefficient (Wildman–Crippen LogP) is 1.61. The Bertz CT molecular complexity index is 382. The molecule has 0 atom stereocenters. The maximum atomic E-state index is 11.8. The number of aromatic hydroxyl groups is 1. The minimum Gasteiger partial charge on any atom is -0.493 e. The van der Waals surface area contributed by atoms with Crippen LogP contribution < -0.4 is 5.69 Å². The highest BCUT2D eigenvalue weighted by Crippen LogP contribution is 2.18. The van der Waals surface area contributed by atoms with Gasteiger partial charge >= 0.3 is 5.69 Å². The average molecular weight is 230 g/mol. The summed E-state index contributed by atoms with van der Waals surface area (Å²) in [6, 6.07) is 0. The maximum Gasteiger partial charge on any atom is 0.331 e. The molecule has 86 valence electrons. The molecule has 1 N–H and O–H groups in total. The molecule has 5 heteroatoms. The lowest BCUT2D eigenvalue weighted by Gasteiger charge is -2.03. The molecule has 0 amide bonds. The van der Waals surface area contributed by atoms with Crippen molar-refractivity contribution in [2.45, 2.75) is 45.5 Å². The highest BCUT2D eigenvalue weighted by atomic mass is 32.1. The summed E-state index contributed by atoms with van der Waals surface area (Å²) in [5, 5.41) is 9.78. The number of rotatable bonds is 5. The zero-order chi connectivity index (χ0) is 11.4. The van der Waals surface area contributed by atoms with Crippen molar-refractivity contribution in [2.24, 2.45) is 0 Å². The third-order valence-corrected chi connectivity index (χ3v) is 2.80. The molecule has 1 heterocycles. The van der Waals surface area contributed by atoms with Crippen molar-refractivity contribution in [3.8, 4) is 5.88 Å². The van der Waals surface area contributed by atoms with Crippen LogP contribution in [0.2, 0.25) is 0 Å². The van der Waals surface area contributed by atoms with E-state index in [-0.39, 0.29) is 11.6 Å². The molecule has 1 rings (SSSR count). The zero-order valence-corrected chi connectivity index (χ0v) is 10.1. The molecule has 0 aliphatic heterocycles. The number of thiol groups is 1. The van der Waals surface area contributed by atoms with Crippen LogP contribution in [0.1, 0.15) is 32.4 Å². The van der Waals surface area contributed by atoms with E-state index in [2.05, 4.69) is 19.6 Å². The summed E-state index contributed by atoms with van der Waals surface area (Å²) >= 11 is 4.14. The molecule has 0 bridgehead atoms. The Morgan fingerprint density at radius 1 is 1.33 bits per heavy atom. The predicted molar refractivity (Wildman–Crippen MR) is 63.6 cm³/mol. The Hall–Kier alpha value is -0.840. The van der Waals surface area contributed by atoms with Crippen LogP contribution in [0, 0.1) is 0 Å². The summed E-state index contributed by atoms with van der Waals surface area (Å²) < 4.78 is 3.00. The highest BCUT2D eigenvalue weighted by molar-refractivity contribution is 7.79. The third kappa shape index (κ3) is 2.22. The fourth-order valence-corrected chi connectivity index (χ4v) is 1.93. The van der Waals surface area contributed by atoms with Crippen LogP contribution in [0.4, 0.5) is 0 Å². The van der Waals surface area contributed by atoms with Gasteiger partial charge in [-0.3, -0.25) is 9.13 Å². The SMILES string of the molecule is CCCCn1c(CS)c(O)n(CC)c1=O. The van der Waals surface area contributed by atoms with Crippen molar-refractivity contribution in [3.63, 3.8) is 0 Å². The molecular weight excluding hydrogens is 212 g/mol. The van der Waals surface area contributed by atoms with Crippen molar-refractivity contribution in [1.82, 2.24) is 9.13 Å². The molecule has 0 saturated heterocycles. The highest BCUT2D eigenvalue weighted by Gasteiger charge is 2.16. The monoisotopic (exact) mass is 230 g/mol. The number of nitrogens with zero attached hydrogens (tertiary/aromatic N) is 2. The van der Waals surface area contributed by atoms with Gasteiger partial charge in [-0.1, -0.05) is 13.3 Å². The maximum absolute atomic E-state index is 11.8. The Labute approximate surface area is 94.9 Å². The molecule has 0 saturated carbocycles. The van der Waals surface area contributed by atoms with Crippen LogP contribution in [0.15, 0.2) is 4.79 Å². The second-order valence-electron chi connectivity index (χ2n) is 3.46. The van der Waals surface area contributed by atoms with Crippen LogP contribution in [0.3, 0.4) is 0 Å². The lowest BCUT2D eigenvalue weighted by Crippen LogP contribution is -2.24. The Morgan fingerprint density at radius 2 is 2.00 bits per heavy atom. The standard InChI is InChI=1S/C10H18N2O2S/c1-3-5-6-12-8(7-15)9(13)11(4-2)10(12)14/h13,15H,3-7H2,1-2H3. The van der Waals surface area contributed by atoms with Crippen LogP contribution in [-0.4, -0.2) is 14.2 Å². The first-order valence-corrected chi connectivity index (χ1v) is 5.92. The number of unbranched alkanes of at least 4 members (excludes halogenated alkanes) is 1. The molecule has 1 aromatic heterocycles. The van der Waals surface area contributed by atoms with E-state index in [9.17, 15) is 9.90 Å². The van der Waals surface area contributed by atoms with Gasteiger partial charge in [0.2, 0.25) is 5.88 Å². The topological polar surface area (TPSA) is 47.2 Å². The van der Waals surface area contributed by atoms with Gasteiger partial charge in [-0.2, -0.15) is 12.6 Å². The molecule has 0 radical (unpaired) electrons. The van der Waals surface area contributed by atoms with E-state index < -0.39 is 0 Å². The van der Waals surface area contributed by atoms with E-state index in [1.54, 1.807) is 4.57 Å². The summed E-state index contributed by atoms with van der Waals surface area (Å²) in [7, 11) is 0. The van der Waals surface area contributed by atoms with E-state index in [1.165, 1.54) is 4.57 Å². The zero-order valence-electron chi connectivity index (χ0n) is 9.23. The molecular formula is C10H18N2O2S. The van der Waals surface area contributed by atoms with Gasteiger partial charge in [0.25, 0.3) is 0 Å². The number of imidazole rings is 1. The van der Waals surface area contributed by atoms with Crippen molar-refractivity contribution in [3.05, 3.63) is 16.2 Å². The fraction of sp³-hybridized carbons (Fsp3) is 0.700. The van der Waals surface area contributed by atoms with E-state index in [0.717, 1.165) is 12.8 Å². The van der Waals surface area contributed by atoms with Crippen LogP contribution in [-0.2, 0) is 18.8 Å². The van der Waals surface area contributed by atoms with Gasteiger partial charge in [0, 0.05) is 18.8 Å². The van der Waals surface area contributed by atoms with Gasteiger partial charge in [0.15, 0.2) is 0 Å². The summed E-state index contributed by atoms with van der Waals surface area (Å²) in [5.41, 5.74) is 0.492. The summed E-state index contributed by atoms with van der Waals surface area (Å²) in [5.74, 6) is 0.450. The van der Waals surface area contributed by atoms with Gasteiger partial charge < -0.3 is 5.11 Å². The smallest absolute Gasteiger partial charge is 0.331 e. The quantitative estimate of drug-likeness (QED) is 0.755. The van der Waals surface area contributed by atoms with Crippen LogP contribution in [0.5, 0.6) is 5.88 Å². The first-order chi connectivity index (χ1) is 7.17. The number of aromatic nitrogens is 2. The normalized spacial score (nSPS) is 10.9. The number of hydrogen-bond acceptors (Lipinski definition) is 3. The first-order valence-electron chi connectivity index (χ1n) is 5.29. The largest absolute Gasteiger partial charge is 0.493 e. The van der Waals surface area contributed by atoms with Crippen LogP contribution in [0.25, 0.3) is 0 Å².